The van der Waals surface area contributed by atoms with Crippen LogP contribution >= 0.6 is 11.8 Å². The number of Topliss-reactive ketones (excluding diaryl/α,β-unsaturated/α-hetero) is 1. The molecule has 2 N–H and O–H groups in total. The molecule has 0 aliphatic carbocycles. The maximum atomic E-state index is 12.5. The molecule has 1 atom stereocenters. The Hall–Kier alpha value is -2.30. The van der Waals surface area contributed by atoms with Crippen LogP contribution in [0.3, 0.4) is 0 Å². The lowest BCUT2D eigenvalue weighted by Crippen LogP contribution is -2.45. The summed E-state index contributed by atoms with van der Waals surface area (Å²) >= 11 is 0.820. The fraction of sp³-hybridized carbons (Fsp3) is 0.556. The zero-order valence-electron chi connectivity index (χ0n) is 16.3. The van der Waals surface area contributed by atoms with E-state index in [1.54, 1.807) is 32.9 Å². The summed E-state index contributed by atoms with van der Waals surface area (Å²) in [7, 11) is 0. The van der Waals surface area contributed by atoms with E-state index in [0.29, 0.717) is 12.1 Å². The molecule has 0 saturated carbocycles. The largest absolute Gasteiger partial charge is 0.450 e. The van der Waals surface area contributed by atoms with E-state index in [-0.39, 0.29) is 12.2 Å². The number of aromatic nitrogens is 1. The summed E-state index contributed by atoms with van der Waals surface area (Å²) in [5.74, 6) is -2.79. The molecule has 0 spiro atoms. The minimum absolute atomic E-state index is 0.151. The van der Waals surface area contributed by atoms with Gasteiger partial charge in [0, 0.05) is 6.20 Å². The van der Waals surface area contributed by atoms with Crippen LogP contribution in [0, 0.1) is 0 Å². The minimum atomic E-state index is -4.85. The molecule has 0 aliphatic rings. The number of alkyl halides is 3. The van der Waals surface area contributed by atoms with Crippen LogP contribution in [-0.4, -0.2) is 52.1 Å². The zero-order valence-corrected chi connectivity index (χ0v) is 17.2. The Morgan fingerprint density at radius 3 is 2.48 bits per heavy atom. The number of nitrogens with zero attached hydrogens (tertiary/aromatic N) is 1. The van der Waals surface area contributed by atoms with Gasteiger partial charge in [0.15, 0.2) is 0 Å². The number of nitrogens with one attached hydrogen (secondary N) is 2. The van der Waals surface area contributed by atoms with Gasteiger partial charge in [-0.25, -0.2) is 4.79 Å². The standard InChI is InChI=1S/C18H24F3N3O4S/c1-17(2,3)28-16(27)24-13(15(26)23-12-6-4-8-22-10-12)7-5-9-29-11-14(25)18(19,20)21/h4,6,8,10,13H,5,7,9,11H2,1-3H3,(H,23,26)(H,24,27)/t13-/m0/s1. The molecule has 11 heteroatoms. The Bertz CT molecular complexity index is 694. The Labute approximate surface area is 171 Å². The van der Waals surface area contributed by atoms with Crippen LogP contribution in [0.1, 0.15) is 33.6 Å². The van der Waals surface area contributed by atoms with Crippen molar-refractivity contribution >= 4 is 35.2 Å². The monoisotopic (exact) mass is 435 g/mol. The number of halogens is 3. The third-order valence-corrected chi connectivity index (χ3v) is 4.31. The predicted octanol–water partition coefficient (Wildman–Crippen LogP) is 3.56. The van der Waals surface area contributed by atoms with Gasteiger partial charge >= 0.3 is 12.3 Å². The Morgan fingerprint density at radius 2 is 1.93 bits per heavy atom. The average Bonchev–Trinajstić information content (AvgIpc) is 2.58. The van der Waals surface area contributed by atoms with Crippen molar-refractivity contribution in [3.63, 3.8) is 0 Å². The van der Waals surface area contributed by atoms with Gasteiger partial charge in [-0.1, -0.05) is 0 Å². The van der Waals surface area contributed by atoms with Gasteiger partial charge in [0.1, 0.15) is 11.6 Å². The normalized spacial score (nSPS) is 12.8. The van der Waals surface area contributed by atoms with E-state index in [1.165, 1.54) is 12.4 Å². The smallest absolute Gasteiger partial charge is 0.444 e. The summed E-state index contributed by atoms with van der Waals surface area (Å²) in [5, 5.41) is 5.08. The second-order valence-corrected chi connectivity index (χ2v) is 8.15. The van der Waals surface area contributed by atoms with E-state index in [1.807, 2.05) is 0 Å². The van der Waals surface area contributed by atoms with E-state index in [2.05, 4.69) is 15.6 Å². The van der Waals surface area contributed by atoms with Crippen molar-refractivity contribution in [2.45, 2.75) is 51.4 Å². The molecule has 0 fully saturated rings. The van der Waals surface area contributed by atoms with Crippen LogP contribution in [0.4, 0.5) is 23.7 Å². The SMILES string of the molecule is CC(C)(C)OC(=O)N[C@@H](CCCSCC(=O)C(F)(F)F)C(=O)Nc1cccnc1. The number of alkyl carbamates (subject to hydrolysis) is 1. The summed E-state index contributed by atoms with van der Waals surface area (Å²) < 4.78 is 41.7. The lowest BCUT2D eigenvalue weighted by Gasteiger charge is -2.23. The van der Waals surface area contributed by atoms with Gasteiger partial charge in [-0.3, -0.25) is 14.6 Å². The average molecular weight is 435 g/mol. The third-order valence-electron chi connectivity index (χ3n) is 3.27. The van der Waals surface area contributed by atoms with Crippen LogP contribution in [0.15, 0.2) is 24.5 Å². The number of rotatable bonds is 9. The molecule has 1 rings (SSSR count). The second-order valence-electron chi connectivity index (χ2n) is 7.05. The first-order valence-electron chi connectivity index (χ1n) is 8.76. The van der Waals surface area contributed by atoms with Gasteiger partial charge in [0.25, 0.3) is 0 Å². The molecule has 1 aromatic rings. The highest BCUT2D eigenvalue weighted by atomic mass is 32.2. The number of carbonyl (C=O) groups excluding carboxylic acids is 3. The summed E-state index contributed by atoms with van der Waals surface area (Å²) in [6, 6.07) is 2.28. The molecule has 1 aromatic heterocycles. The van der Waals surface area contributed by atoms with Crippen LogP contribution in [0.5, 0.6) is 0 Å². The van der Waals surface area contributed by atoms with Crippen molar-refractivity contribution in [3.8, 4) is 0 Å². The summed E-state index contributed by atoms with van der Waals surface area (Å²) in [6.45, 7) is 5.02. The van der Waals surface area contributed by atoms with Gasteiger partial charge < -0.3 is 15.4 Å². The first-order valence-corrected chi connectivity index (χ1v) is 9.92. The maximum absolute atomic E-state index is 12.5. The molecular weight excluding hydrogens is 411 g/mol. The molecule has 29 heavy (non-hydrogen) atoms. The molecule has 7 nitrogen and oxygen atoms in total. The zero-order chi connectivity index (χ0) is 22.1. The van der Waals surface area contributed by atoms with Gasteiger partial charge in [-0.2, -0.15) is 24.9 Å². The number of carbonyl (C=O) groups is 3. The summed E-state index contributed by atoms with van der Waals surface area (Å²) in [4.78, 5) is 39.2. The minimum Gasteiger partial charge on any atom is -0.444 e. The topological polar surface area (TPSA) is 97.4 Å². The van der Waals surface area contributed by atoms with E-state index in [4.69, 9.17) is 4.74 Å². The number of ketones is 1. The first kappa shape index (κ1) is 24.7. The van der Waals surface area contributed by atoms with Crippen molar-refractivity contribution in [1.29, 1.82) is 0 Å². The van der Waals surface area contributed by atoms with Crippen molar-refractivity contribution in [2.24, 2.45) is 0 Å². The van der Waals surface area contributed by atoms with E-state index in [9.17, 15) is 27.6 Å². The number of thioether (sulfide) groups is 1. The number of pyridine rings is 1. The van der Waals surface area contributed by atoms with Gasteiger partial charge in [0.05, 0.1) is 17.6 Å². The summed E-state index contributed by atoms with van der Waals surface area (Å²) in [5.41, 5.74) is -0.332. The number of anilines is 1. The van der Waals surface area contributed by atoms with E-state index < -0.39 is 41.4 Å². The molecule has 0 unspecified atom stereocenters. The van der Waals surface area contributed by atoms with Gasteiger partial charge in [-0.05, 0) is 51.5 Å². The van der Waals surface area contributed by atoms with Gasteiger partial charge in [-0.15, -0.1) is 0 Å². The quantitative estimate of drug-likeness (QED) is 0.576. The highest BCUT2D eigenvalue weighted by molar-refractivity contribution is 7.99. The highest BCUT2D eigenvalue weighted by Gasteiger charge is 2.37. The number of ether oxygens (including phenoxy) is 1. The molecule has 0 saturated heterocycles. The molecule has 0 radical (unpaired) electrons. The lowest BCUT2D eigenvalue weighted by molar-refractivity contribution is -0.167. The fourth-order valence-corrected chi connectivity index (χ4v) is 2.89. The molecular formula is C18H24F3N3O4S. The molecule has 0 aliphatic heterocycles. The Kier molecular flexibility index (Phi) is 9.41. The molecule has 162 valence electrons. The van der Waals surface area contributed by atoms with Crippen molar-refractivity contribution in [3.05, 3.63) is 24.5 Å². The van der Waals surface area contributed by atoms with Crippen LogP contribution in [-0.2, 0) is 14.3 Å². The lowest BCUT2D eigenvalue weighted by atomic mass is 10.1. The number of hydrogen-bond acceptors (Lipinski definition) is 6. The van der Waals surface area contributed by atoms with Crippen molar-refractivity contribution < 1.29 is 32.3 Å². The first-order chi connectivity index (χ1) is 13.4. The van der Waals surface area contributed by atoms with Crippen molar-refractivity contribution in [1.82, 2.24) is 10.3 Å². The van der Waals surface area contributed by atoms with Crippen LogP contribution < -0.4 is 10.6 Å². The number of amides is 2. The van der Waals surface area contributed by atoms with E-state index >= 15 is 0 Å². The Morgan fingerprint density at radius 1 is 1.24 bits per heavy atom. The van der Waals surface area contributed by atoms with Gasteiger partial charge in [0.2, 0.25) is 11.7 Å². The molecule has 1 heterocycles. The highest BCUT2D eigenvalue weighted by Crippen LogP contribution is 2.19. The third kappa shape index (κ3) is 10.7. The van der Waals surface area contributed by atoms with Crippen LogP contribution in [0.25, 0.3) is 0 Å². The maximum Gasteiger partial charge on any atom is 0.450 e. The van der Waals surface area contributed by atoms with Crippen LogP contribution in [0.2, 0.25) is 0 Å². The Balaban J connectivity index is 2.61. The number of hydrogen-bond donors (Lipinski definition) is 2. The summed E-state index contributed by atoms with van der Waals surface area (Å²) in [6.07, 6.45) is -2.22. The van der Waals surface area contributed by atoms with E-state index in [0.717, 1.165) is 11.8 Å². The van der Waals surface area contributed by atoms with Crippen molar-refractivity contribution in [2.75, 3.05) is 16.8 Å². The fourth-order valence-electron chi connectivity index (χ4n) is 2.02. The molecule has 2 amide bonds. The molecule has 0 bridgehead atoms. The molecule has 0 aromatic carbocycles. The second kappa shape index (κ2) is 11.0. The predicted molar refractivity (Wildman–Crippen MR) is 104 cm³/mol.